The van der Waals surface area contributed by atoms with E-state index in [1.165, 1.54) is 25.2 Å². The molecule has 164 valence electrons. The summed E-state index contributed by atoms with van der Waals surface area (Å²) in [5, 5.41) is 18.8. The minimum absolute atomic E-state index is 0.158. The van der Waals surface area contributed by atoms with E-state index < -0.39 is 0 Å². The number of methoxy groups -OCH3 is 1. The van der Waals surface area contributed by atoms with Crippen LogP contribution < -0.4 is 20.7 Å². The second-order valence-electron chi connectivity index (χ2n) is 7.76. The van der Waals surface area contributed by atoms with Crippen LogP contribution in [0.5, 0.6) is 5.75 Å². The smallest absolute Gasteiger partial charge is 0.165 e. The third-order valence-electron chi connectivity index (χ3n) is 5.65. The molecule has 0 unspecified atom stereocenters. The predicted molar refractivity (Wildman–Crippen MR) is 118 cm³/mol. The van der Waals surface area contributed by atoms with Crippen LogP contribution in [0.1, 0.15) is 36.3 Å². The fourth-order valence-corrected chi connectivity index (χ4v) is 3.98. The molecule has 1 aliphatic rings. The predicted octanol–water partition coefficient (Wildman–Crippen LogP) is 2.69. The number of aromatic nitrogens is 1. The lowest BCUT2D eigenvalue weighted by Gasteiger charge is -2.14. The topological polar surface area (TPSA) is 78.4 Å². The highest BCUT2D eigenvalue weighted by Crippen LogP contribution is 2.34. The maximum Gasteiger partial charge on any atom is 0.165 e. The lowest BCUT2D eigenvalue weighted by atomic mass is 9.99. The van der Waals surface area contributed by atoms with Crippen LogP contribution in [0.15, 0.2) is 36.5 Å². The fourth-order valence-electron chi connectivity index (χ4n) is 3.98. The maximum absolute atomic E-state index is 13.5. The number of rotatable bonds is 12. The van der Waals surface area contributed by atoms with Gasteiger partial charge in [0.25, 0.3) is 0 Å². The van der Waals surface area contributed by atoms with E-state index in [2.05, 4.69) is 27.0 Å². The Morgan fingerprint density at radius 2 is 2.03 bits per heavy atom. The van der Waals surface area contributed by atoms with E-state index in [4.69, 9.17) is 9.84 Å². The number of benzene rings is 1. The van der Waals surface area contributed by atoms with E-state index in [0.717, 1.165) is 50.3 Å². The van der Waals surface area contributed by atoms with Gasteiger partial charge in [0.2, 0.25) is 0 Å². The zero-order valence-corrected chi connectivity index (χ0v) is 17.7. The normalized spacial score (nSPS) is 18.5. The molecule has 4 N–H and O–H groups in total. The fraction of sp³-hybridized carbons (Fsp3) is 0.522. The van der Waals surface area contributed by atoms with Crippen molar-refractivity contribution in [3.8, 4) is 5.75 Å². The summed E-state index contributed by atoms with van der Waals surface area (Å²) in [4.78, 5) is 4.54. The summed E-state index contributed by atoms with van der Waals surface area (Å²) in [5.41, 5.74) is 2.38. The minimum Gasteiger partial charge on any atom is -0.494 e. The first-order chi connectivity index (χ1) is 14.7. The number of nitrogens with one attached hydrogen (secondary N) is 3. The van der Waals surface area contributed by atoms with Gasteiger partial charge in [-0.1, -0.05) is 12.1 Å². The Bertz CT molecular complexity index is 772. The van der Waals surface area contributed by atoms with E-state index in [1.807, 2.05) is 18.3 Å². The molecule has 1 saturated carbocycles. The van der Waals surface area contributed by atoms with Gasteiger partial charge in [-0.2, -0.15) is 0 Å². The molecule has 6 nitrogen and oxygen atoms in total. The van der Waals surface area contributed by atoms with Gasteiger partial charge in [-0.3, -0.25) is 0 Å². The van der Waals surface area contributed by atoms with Crippen LogP contribution in [0.4, 0.5) is 10.2 Å². The molecule has 0 spiro atoms. The van der Waals surface area contributed by atoms with Gasteiger partial charge in [0.15, 0.2) is 11.6 Å². The lowest BCUT2D eigenvalue weighted by Crippen LogP contribution is -2.28. The molecule has 1 aromatic heterocycles. The Balaban J connectivity index is 1.38. The van der Waals surface area contributed by atoms with Gasteiger partial charge in [0, 0.05) is 31.9 Å². The molecule has 1 heterocycles. The van der Waals surface area contributed by atoms with E-state index in [0.29, 0.717) is 24.3 Å². The van der Waals surface area contributed by atoms with Crippen molar-refractivity contribution >= 4 is 5.82 Å². The molecule has 1 aliphatic carbocycles. The van der Waals surface area contributed by atoms with Crippen LogP contribution in [0.2, 0.25) is 0 Å². The summed E-state index contributed by atoms with van der Waals surface area (Å²) in [6, 6.07) is 9.79. The third kappa shape index (κ3) is 6.65. The zero-order chi connectivity index (χ0) is 21.2. The minimum atomic E-state index is -0.318. The molecule has 0 aliphatic heterocycles. The van der Waals surface area contributed by atoms with E-state index >= 15 is 0 Å². The standard InChI is InChI=1S/C23H33FN4O2/c1-30-22-14-17(2-6-21(22)24)8-9-26-20-5-3-18(15-20)19-4-7-23(28-16-19)27-11-10-25-12-13-29/h2,4,6-7,14,16,18,20,25-26,29H,3,5,8-13,15H2,1H3,(H,27,28)/t18-,20+/m1/s1. The molecular weight excluding hydrogens is 383 g/mol. The highest BCUT2D eigenvalue weighted by Gasteiger charge is 2.25. The van der Waals surface area contributed by atoms with Gasteiger partial charge >= 0.3 is 0 Å². The second kappa shape index (κ2) is 11.8. The highest BCUT2D eigenvalue weighted by atomic mass is 19.1. The Hall–Kier alpha value is -2.22. The number of aliphatic hydroxyl groups excluding tert-OH is 1. The van der Waals surface area contributed by atoms with Crippen molar-refractivity contribution in [1.82, 2.24) is 15.6 Å². The quantitative estimate of drug-likeness (QED) is 0.399. The molecule has 1 aromatic carbocycles. The summed E-state index contributed by atoms with van der Waals surface area (Å²) in [7, 11) is 1.49. The molecule has 3 rings (SSSR count). The van der Waals surface area contributed by atoms with Crippen LogP contribution in [0.25, 0.3) is 0 Å². The number of ether oxygens (including phenoxy) is 1. The molecular formula is C23H33FN4O2. The van der Waals surface area contributed by atoms with Crippen molar-refractivity contribution in [2.45, 2.75) is 37.6 Å². The van der Waals surface area contributed by atoms with Gasteiger partial charge in [-0.05, 0) is 67.5 Å². The van der Waals surface area contributed by atoms with Crippen molar-refractivity contribution in [3.63, 3.8) is 0 Å². The Kier molecular flexibility index (Phi) is 8.86. The Morgan fingerprint density at radius 1 is 1.13 bits per heavy atom. The Labute approximate surface area is 178 Å². The zero-order valence-electron chi connectivity index (χ0n) is 17.7. The monoisotopic (exact) mass is 416 g/mol. The number of hydrogen-bond donors (Lipinski definition) is 4. The van der Waals surface area contributed by atoms with Crippen LogP contribution in [-0.4, -0.2) is 56.0 Å². The highest BCUT2D eigenvalue weighted by molar-refractivity contribution is 5.36. The van der Waals surface area contributed by atoms with Crippen molar-refractivity contribution < 1.29 is 14.2 Å². The van der Waals surface area contributed by atoms with Crippen LogP contribution >= 0.6 is 0 Å². The number of anilines is 1. The molecule has 0 radical (unpaired) electrons. The van der Waals surface area contributed by atoms with Gasteiger partial charge in [0.1, 0.15) is 5.82 Å². The van der Waals surface area contributed by atoms with Crippen LogP contribution in [0.3, 0.4) is 0 Å². The van der Waals surface area contributed by atoms with Crippen molar-refractivity contribution in [2.24, 2.45) is 0 Å². The Morgan fingerprint density at radius 3 is 2.80 bits per heavy atom. The SMILES string of the molecule is COc1cc(CCN[C@H]2CC[C@@H](c3ccc(NCCNCCO)nc3)C2)ccc1F. The molecule has 2 aromatic rings. The summed E-state index contributed by atoms with van der Waals surface area (Å²) in [6.07, 6.45) is 6.29. The largest absolute Gasteiger partial charge is 0.494 e. The molecule has 0 amide bonds. The lowest BCUT2D eigenvalue weighted by molar-refractivity contribution is 0.293. The molecule has 0 bridgehead atoms. The van der Waals surface area contributed by atoms with Crippen molar-refractivity contribution in [2.75, 3.05) is 45.2 Å². The number of nitrogens with zero attached hydrogens (tertiary/aromatic N) is 1. The molecule has 30 heavy (non-hydrogen) atoms. The summed E-state index contributed by atoms with van der Waals surface area (Å²) < 4.78 is 18.6. The average Bonchev–Trinajstić information content (AvgIpc) is 3.24. The average molecular weight is 417 g/mol. The summed E-state index contributed by atoms with van der Waals surface area (Å²) in [6.45, 7) is 3.22. The van der Waals surface area contributed by atoms with Crippen LogP contribution in [-0.2, 0) is 6.42 Å². The first-order valence-corrected chi connectivity index (χ1v) is 10.8. The van der Waals surface area contributed by atoms with Crippen LogP contribution in [0, 0.1) is 5.82 Å². The number of pyridine rings is 1. The number of hydrogen-bond acceptors (Lipinski definition) is 6. The second-order valence-corrected chi connectivity index (χ2v) is 7.76. The number of aliphatic hydroxyl groups is 1. The molecule has 7 heteroatoms. The van der Waals surface area contributed by atoms with Gasteiger partial charge < -0.3 is 25.8 Å². The van der Waals surface area contributed by atoms with Gasteiger partial charge in [-0.25, -0.2) is 9.37 Å². The molecule has 1 fully saturated rings. The van der Waals surface area contributed by atoms with E-state index in [9.17, 15) is 4.39 Å². The first-order valence-electron chi connectivity index (χ1n) is 10.8. The number of halogens is 1. The maximum atomic E-state index is 13.5. The van der Waals surface area contributed by atoms with Crippen molar-refractivity contribution in [1.29, 1.82) is 0 Å². The van der Waals surface area contributed by atoms with Gasteiger partial charge in [-0.15, -0.1) is 0 Å². The molecule has 0 saturated heterocycles. The van der Waals surface area contributed by atoms with E-state index in [-0.39, 0.29) is 12.4 Å². The summed E-state index contributed by atoms with van der Waals surface area (Å²) >= 11 is 0. The van der Waals surface area contributed by atoms with Gasteiger partial charge in [0.05, 0.1) is 13.7 Å². The summed E-state index contributed by atoms with van der Waals surface area (Å²) in [5.74, 6) is 1.41. The van der Waals surface area contributed by atoms with E-state index in [1.54, 1.807) is 6.07 Å². The van der Waals surface area contributed by atoms with Crippen molar-refractivity contribution in [3.05, 3.63) is 53.5 Å². The molecule has 2 atom stereocenters. The first kappa shape index (κ1) is 22.5. The third-order valence-corrected chi connectivity index (χ3v) is 5.65.